The van der Waals surface area contributed by atoms with E-state index in [2.05, 4.69) is 37.9 Å². The van der Waals surface area contributed by atoms with Crippen LogP contribution >= 0.6 is 0 Å². The molecular formula is C16H32N2. The summed E-state index contributed by atoms with van der Waals surface area (Å²) in [4.78, 5) is 2.77. The normalized spacial score (nSPS) is 30.3. The Morgan fingerprint density at radius 1 is 1.11 bits per heavy atom. The predicted octanol–water partition coefficient (Wildman–Crippen LogP) is 3.13. The summed E-state index contributed by atoms with van der Waals surface area (Å²) in [7, 11) is 0. The number of nitrogens with zero attached hydrogens (tertiary/aromatic N) is 1. The van der Waals surface area contributed by atoms with Crippen molar-refractivity contribution >= 4 is 0 Å². The van der Waals surface area contributed by atoms with Crippen molar-refractivity contribution in [3.8, 4) is 0 Å². The van der Waals surface area contributed by atoms with E-state index in [4.69, 9.17) is 0 Å². The van der Waals surface area contributed by atoms with Gasteiger partial charge in [-0.2, -0.15) is 0 Å². The molecule has 0 aromatic heterocycles. The minimum Gasteiger partial charge on any atom is -0.313 e. The van der Waals surface area contributed by atoms with Gasteiger partial charge in [-0.05, 0) is 50.0 Å². The van der Waals surface area contributed by atoms with E-state index in [-0.39, 0.29) is 0 Å². The first-order valence-electron chi connectivity index (χ1n) is 8.03. The fourth-order valence-electron chi connectivity index (χ4n) is 3.12. The van der Waals surface area contributed by atoms with Gasteiger partial charge in [0.15, 0.2) is 0 Å². The molecule has 1 aliphatic carbocycles. The summed E-state index contributed by atoms with van der Waals surface area (Å²) < 4.78 is 0. The highest BCUT2D eigenvalue weighted by Crippen LogP contribution is 2.33. The maximum Gasteiger partial charge on any atom is 0.0198 e. The number of piperidine rings is 1. The number of nitrogens with one attached hydrogen (secondary N) is 1. The standard InChI is InChI=1S/C16H32N2/c1-12(2)7-8-17-15-9-14(13(3)4)10-18(11-15)16-5-6-16/h12-17H,5-11H2,1-4H3. The van der Waals surface area contributed by atoms with Crippen LogP contribution in [0.1, 0.15) is 53.4 Å². The molecule has 1 N–H and O–H groups in total. The van der Waals surface area contributed by atoms with Gasteiger partial charge >= 0.3 is 0 Å². The Morgan fingerprint density at radius 3 is 2.39 bits per heavy atom. The van der Waals surface area contributed by atoms with Gasteiger partial charge in [0, 0.05) is 25.2 Å². The Bertz CT molecular complexity index is 235. The van der Waals surface area contributed by atoms with Gasteiger partial charge in [-0.25, -0.2) is 0 Å². The fourth-order valence-corrected chi connectivity index (χ4v) is 3.12. The largest absolute Gasteiger partial charge is 0.313 e. The van der Waals surface area contributed by atoms with E-state index in [1.165, 1.54) is 45.3 Å². The maximum absolute atomic E-state index is 3.81. The zero-order chi connectivity index (χ0) is 13.1. The minimum absolute atomic E-state index is 0.741. The third-order valence-corrected chi connectivity index (χ3v) is 4.67. The lowest BCUT2D eigenvalue weighted by molar-refractivity contribution is 0.109. The van der Waals surface area contributed by atoms with Crippen LogP contribution in [0.25, 0.3) is 0 Å². The Kier molecular flexibility index (Phi) is 5.08. The van der Waals surface area contributed by atoms with Crippen molar-refractivity contribution in [1.82, 2.24) is 10.2 Å². The molecule has 0 aromatic rings. The monoisotopic (exact) mass is 252 g/mol. The summed E-state index contributed by atoms with van der Waals surface area (Å²) in [5, 5.41) is 3.81. The third-order valence-electron chi connectivity index (χ3n) is 4.67. The van der Waals surface area contributed by atoms with Gasteiger partial charge in [-0.15, -0.1) is 0 Å². The van der Waals surface area contributed by atoms with Gasteiger partial charge in [0.2, 0.25) is 0 Å². The Balaban J connectivity index is 1.80. The number of hydrogen-bond acceptors (Lipinski definition) is 2. The van der Waals surface area contributed by atoms with Crippen LogP contribution in [0.4, 0.5) is 0 Å². The maximum atomic E-state index is 3.81. The second-order valence-electron chi connectivity index (χ2n) is 7.26. The molecule has 1 heterocycles. The van der Waals surface area contributed by atoms with Crippen LogP contribution in [0.15, 0.2) is 0 Å². The molecule has 0 bridgehead atoms. The van der Waals surface area contributed by atoms with Gasteiger partial charge in [-0.3, -0.25) is 4.90 Å². The molecule has 1 saturated heterocycles. The Hall–Kier alpha value is -0.0800. The van der Waals surface area contributed by atoms with Crippen molar-refractivity contribution in [2.24, 2.45) is 17.8 Å². The molecule has 0 radical (unpaired) electrons. The van der Waals surface area contributed by atoms with Crippen molar-refractivity contribution in [3.63, 3.8) is 0 Å². The molecule has 2 heteroatoms. The molecule has 2 nitrogen and oxygen atoms in total. The number of likely N-dealkylation sites (tertiary alicyclic amines) is 1. The highest BCUT2D eigenvalue weighted by Gasteiger charge is 2.36. The van der Waals surface area contributed by atoms with Crippen LogP contribution in [0, 0.1) is 17.8 Å². The zero-order valence-corrected chi connectivity index (χ0v) is 12.8. The van der Waals surface area contributed by atoms with Crippen LogP contribution in [-0.4, -0.2) is 36.6 Å². The van der Waals surface area contributed by atoms with Gasteiger partial charge in [0.25, 0.3) is 0 Å². The van der Waals surface area contributed by atoms with Crippen LogP contribution in [0.5, 0.6) is 0 Å². The average Bonchev–Trinajstić information content (AvgIpc) is 3.11. The second kappa shape index (κ2) is 6.38. The summed E-state index contributed by atoms with van der Waals surface area (Å²) in [6.07, 6.45) is 5.60. The molecule has 2 aliphatic rings. The molecule has 2 unspecified atom stereocenters. The minimum atomic E-state index is 0.741. The molecule has 2 fully saturated rings. The van der Waals surface area contributed by atoms with Crippen LogP contribution in [0.2, 0.25) is 0 Å². The van der Waals surface area contributed by atoms with Gasteiger partial charge < -0.3 is 5.32 Å². The molecule has 106 valence electrons. The highest BCUT2D eigenvalue weighted by molar-refractivity contribution is 4.93. The molecule has 0 aromatic carbocycles. The van der Waals surface area contributed by atoms with Crippen molar-refractivity contribution in [1.29, 1.82) is 0 Å². The van der Waals surface area contributed by atoms with E-state index in [9.17, 15) is 0 Å². The zero-order valence-electron chi connectivity index (χ0n) is 12.8. The van der Waals surface area contributed by atoms with Crippen LogP contribution in [-0.2, 0) is 0 Å². The molecule has 2 atom stereocenters. The third kappa shape index (κ3) is 4.24. The molecule has 2 rings (SSSR count). The summed E-state index contributed by atoms with van der Waals surface area (Å²) >= 11 is 0. The van der Waals surface area contributed by atoms with Crippen molar-refractivity contribution in [3.05, 3.63) is 0 Å². The number of rotatable bonds is 6. The van der Waals surface area contributed by atoms with Gasteiger partial charge in [0.05, 0.1) is 0 Å². The summed E-state index contributed by atoms with van der Waals surface area (Å²) in [6.45, 7) is 13.3. The molecule has 1 saturated carbocycles. The quantitative estimate of drug-likeness (QED) is 0.781. The smallest absolute Gasteiger partial charge is 0.0198 e. The lowest BCUT2D eigenvalue weighted by atomic mass is 9.85. The average molecular weight is 252 g/mol. The first-order chi connectivity index (χ1) is 8.56. The first kappa shape index (κ1) is 14.3. The SMILES string of the molecule is CC(C)CCNC1CC(C(C)C)CN(C2CC2)C1. The first-order valence-corrected chi connectivity index (χ1v) is 8.03. The van der Waals surface area contributed by atoms with Gasteiger partial charge in [0.1, 0.15) is 0 Å². The van der Waals surface area contributed by atoms with Crippen molar-refractivity contribution in [2.45, 2.75) is 65.5 Å². The van der Waals surface area contributed by atoms with E-state index >= 15 is 0 Å². The fraction of sp³-hybridized carbons (Fsp3) is 1.00. The van der Waals surface area contributed by atoms with E-state index in [0.29, 0.717) is 0 Å². The predicted molar refractivity (Wildman–Crippen MR) is 78.8 cm³/mol. The number of hydrogen-bond donors (Lipinski definition) is 1. The molecule has 0 spiro atoms. The Labute approximate surface area is 114 Å². The van der Waals surface area contributed by atoms with E-state index < -0.39 is 0 Å². The van der Waals surface area contributed by atoms with Crippen molar-refractivity contribution < 1.29 is 0 Å². The van der Waals surface area contributed by atoms with Gasteiger partial charge in [-0.1, -0.05) is 27.7 Å². The molecule has 18 heavy (non-hydrogen) atoms. The Morgan fingerprint density at radius 2 is 1.83 bits per heavy atom. The summed E-state index contributed by atoms with van der Waals surface area (Å²) in [6, 6.07) is 1.67. The van der Waals surface area contributed by atoms with Crippen LogP contribution < -0.4 is 5.32 Å². The lowest BCUT2D eigenvalue weighted by Crippen LogP contribution is -2.51. The highest BCUT2D eigenvalue weighted by atomic mass is 15.2. The summed E-state index contributed by atoms with van der Waals surface area (Å²) in [5.74, 6) is 2.55. The van der Waals surface area contributed by atoms with Crippen molar-refractivity contribution in [2.75, 3.05) is 19.6 Å². The van der Waals surface area contributed by atoms with E-state index in [0.717, 1.165) is 29.8 Å². The lowest BCUT2D eigenvalue weighted by Gasteiger charge is -2.40. The summed E-state index contributed by atoms with van der Waals surface area (Å²) in [5.41, 5.74) is 0. The molecular weight excluding hydrogens is 220 g/mol. The molecule has 0 amide bonds. The van der Waals surface area contributed by atoms with Crippen LogP contribution in [0.3, 0.4) is 0 Å². The topological polar surface area (TPSA) is 15.3 Å². The van der Waals surface area contributed by atoms with E-state index in [1.807, 2.05) is 0 Å². The molecule has 1 aliphatic heterocycles. The second-order valence-corrected chi connectivity index (χ2v) is 7.26. The van der Waals surface area contributed by atoms with E-state index in [1.54, 1.807) is 0 Å².